The Morgan fingerprint density at radius 2 is 1.83 bits per heavy atom. The minimum atomic E-state index is -0.0152. The number of piperazine rings is 1. The van der Waals surface area contributed by atoms with Gasteiger partial charge < -0.3 is 15.1 Å². The number of nitriles is 1. The summed E-state index contributed by atoms with van der Waals surface area (Å²) < 4.78 is 1.94. The van der Waals surface area contributed by atoms with E-state index in [-0.39, 0.29) is 11.9 Å². The molecule has 11 heteroatoms. The lowest BCUT2D eigenvalue weighted by Gasteiger charge is -2.34. The van der Waals surface area contributed by atoms with Crippen molar-refractivity contribution in [2.45, 2.75) is 38.1 Å². The van der Waals surface area contributed by atoms with Crippen molar-refractivity contribution in [2.75, 3.05) is 36.4 Å². The van der Waals surface area contributed by atoms with Crippen LogP contribution in [0.1, 0.15) is 48.5 Å². The smallest absolute Gasteiger partial charge is 0.254 e. The number of nitrogens with zero attached hydrogens (tertiary/aromatic N) is 9. The Labute approximate surface area is 238 Å². The molecule has 41 heavy (non-hydrogen) atoms. The van der Waals surface area contributed by atoms with Gasteiger partial charge in [-0.25, -0.2) is 19.9 Å². The molecule has 1 atom stereocenters. The highest BCUT2D eigenvalue weighted by atomic mass is 16.2. The van der Waals surface area contributed by atoms with Gasteiger partial charge in [-0.15, -0.1) is 0 Å². The Bertz CT molecular complexity index is 1520. The van der Waals surface area contributed by atoms with Crippen LogP contribution in [0.15, 0.2) is 67.4 Å². The maximum absolute atomic E-state index is 13.3. The van der Waals surface area contributed by atoms with Crippen LogP contribution in [-0.4, -0.2) is 66.7 Å². The first-order chi connectivity index (χ1) is 20.2. The van der Waals surface area contributed by atoms with Gasteiger partial charge >= 0.3 is 0 Å². The predicted molar refractivity (Wildman–Crippen MR) is 154 cm³/mol. The van der Waals surface area contributed by atoms with E-state index in [1.807, 2.05) is 46.1 Å². The minimum absolute atomic E-state index is 0.0152. The van der Waals surface area contributed by atoms with Crippen molar-refractivity contribution >= 4 is 23.5 Å². The third-order valence-corrected chi connectivity index (χ3v) is 7.90. The van der Waals surface area contributed by atoms with Gasteiger partial charge in [0.1, 0.15) is 0 Å². The Hall–Kier alpha value is -4.85. The maximum Gasteiger partial charge on any atom is 0.254 e. The van der Waals surface area contributed by atoms with Crippen LogP contribution in [-0.2, 0) is 0 Å². The molecule has 2 fully saturated rings. The largest absolute Gasteiger partial charge is 0.337 e. The van der Waals surface area contributed by atoms with E-state index in [9.17, 15) is 10.1 Å². The average molecular weight is 549 g/mol. The first kappa shape index (κ1) is 26.4. The number of carbonyl (C=O) groups is 1. The number of anilines is 3. The summed E-state index contributed by atoms with van der Waals surface area (Å²) in [5, 5.41) is 17.2. The molecule has 1 saturated carbocycles. The number of nitrogens with one attached hydrogen (secondary N) is 1. The van der Waals surface area contributed by atoms with Crippen molar-refractivity contribution < 1.29 is 4.79 Å². The summed E-state index contributed by atoms with van der Waals surface area (Å²) in [6, 6.07) is 13.5. The Balaban J connectivity index is 1.12. The fourth-order valence-electron chi connectivity index (χ4n) is 5.75. The van der Waals surface area contributed by atoms with E-state index in [2.05, 4.69) is 36.3 Å². The third-order valence-electron chi connectivity index (χ3n) is 7.90. The summed E-state index contributed by atoms with van der Waals surface area (Å²) in [5.74, 6) is 1.59. The van der Waals surface area contributed by atoms with Gasteiger partial charge in [-0.1, -0.05) is 18.9 Å². The normalized spacial score (nSPS) is 16.4. The lowest BCUT2D eigenvalue weighted by molar-refractivity contribution is 0.0746. The van der Waals surface area contributed by atoms with Gasteiger partial charge in [-0.2, -0.15) is 10.4 Å². The molecule has 6 rings (SSSR count). The number of amides is 1. The number of aromatic nitrogens is 6. The van der Waals surface area contributed by atoms with E-state index < -0.39 is 0 Å². The summed E-state index contributed by atoms with van der Waals surface area (Å²) >= 11 is 0. The highest BCUT2D eigenvalue weighted by molar-refractivity contribution is 5.95. The molecule has 11 nitrogen and oxygen atoms in total. The van der Waals surface area contributed by atoms with Gasteiger partial charge in [0.05, 0.1) is 30.4 Å². The fourth-order valence-corrected chi connectivity index (χ4v) is 5.75. The van der Waals surface area contributed by atoms with E-state index in [4.69, 9.17) is 4.98 Å². The molecule has 1 aliphatic carbocycles. The second-order valence-electron chi connectivity index (χ2n) is 10.5. The lowest BCUT2D eigenvalue weighted by atomic mass is 9.96. The molecule has 4 heterocycles. The molecule has 1 unspecified atom stereocenters. The summed E-state index contributed by atoms with van der Waals surface area (Å²) in [4.78, 5) is 34.9. The number of hydrogen-bond donors (Lipinski definition) is 1. The highest BCUT2D eigenvalue weighted by Crippen LogP contribution is 2.36. The standard InChI is InChI=1S/C30H32N10O/c31-11-9-27(22-5-1-2-6-22)40-21-24(20-35-40)26-10-14-32-29(37-26)36-25-8-3-7-23(19-25)28(41)38-15-17-39(18-16-38)30-33-12-4-13-34-30/h3-4,7-8,10,12-14,19-22,27H,1-2,5-6,9,15-18H2,(H,32,36,37). The first-order valence-electron chi connectivity index (χ1n) is 14.1. The first-order valence-corrected chi connectivity index (χ1v) is 14.1. The molecule has 0 radical (unpaired) electrons. The zero-order valence-electron chi connectivity index (χ0n) is 22.8. The Kier molecular flexibility index (Phi) is 7.80. The van der Waals surface area contributed by atoms with Gasteiger partial charge in [0, 0.05) is 67.8 Å². The lowest BCUT2D eigenvalue weighted by Crippen LogP contribution is -2.49. The average Bonchev–Trinajstić information content (AvgIpc) is 3.74. The Morgan fingerprint density at radius 3 is 2.61 bits per heavy atom. The van der Waals surface area contributed by atoms with Crippen molar-refractivity contribution in [2.24, 2.45) is 5.92 Å². The Morgan fingerprint density at radius 1 is 1.02 bits per heavy atom. The molecule has 1 saturated heterocycles. The van der Waals surface area contributed by atoms with Crippen molar-refractivity contribution in [3.05, 3.63) is 72.9 Å². The monoisotopic (exact) mass is 548 g/mol. The predicted octanol–water partition coefficient (Wildman–Crippen LogP) is 4.48. The number of hydrogen-bond acceptors (Lipinski definition) is 9. The topological polar surface area (TPSA) is 129 Å². The van der Waals surface area contributed by atoms with Gasteiger partial charge in [0.25, 0.3) is 5.91 Å². The van der Waals surface area contributed by atoms with Gasteiger partial charge in [-0.3, -0.25) is 9.48 Å². The van der Waals surface area contributed by atoms with E-state index >= 15 is 0 Å². The van der Waals surface area contributed by atoms with Crippen LogP contribution in [0.2, 0.25) is 0 Å². The zero-order valence-corrected chi connectivity index (χ0v) is 22.8. The van der Waals surface area contributed by atoms with Gasteiger partial charge in [0.15, 0.2) is 0 Å². The van der Waals surface area contributed by atoms with Crippen LogP contribution >= 0.6 is 0 Å². The maximum atomic E-state index is 13.3. The summed E-state index contributed by atoms with van der Waals surface area (Å²) in [6.07, 6.45) is 14.1. The molecule has 1 amide bonds. The molecule has 1 aromatic carbocycles. The van der Waals surface area contributed by atoms with E-state index in [1.54, 1.807) is 30.9 Å². The van der Waals surface area contributed by atoms with Crippen molar-refractivity contribution in [3.63, 3.8) is 0 Å². The van der Waals surface area contributed by atoms with Gasteiger partial charge in [-0.05, 0) is 49.1 Å². The summed E-state index contributed by atoms with van der Waals surface area (Å²) in [5.41, 5.74) is 2.95. The third kappa shape index (κ3) is 6.01. The van der Waals surface area contributed by atoms with Crippen molar-refractivity contribution in [3.8, 4) is 17.3 Å². The molecule has 1 aliphatic heterocycles. The summed E-state index contributed by atoms with van der Waals surface area (Å²) in [7, 11) is 0. The molecule has 0 spiro atoms. The number of carbonyl (C=O) groups excluding carboxylic acids is 1. The molecular weight excluding hydrogens is 516 g/mol. The second-order valence-corrected chi connectivity index (χ2v) is 10.5. The molecule has 208 valence electrons. The van der Waals surface area contributed by atoms with Gasteiger partial charge in [0.2, 0.25) is 11.9 Å². The highest BCUT2D eigenvalue weighted by Gasteiger charge is 2.27. The fraction of sp³-hybridized carbons (Fsp3) is 0.367. The number of rotatable bonds is 8. The van der Waals surface area contributed by atoms with Crippen LogP contribution in [0.25, 0.3) is 11.3 Å². The van der Waals surface area contributed by atoms with E-state index in [0.29, 0.717) is 56.0 Å². The quantitative estimate of drug-likeness (QED) is 0.339. The molecule has 4 aromatic rings. The van der Waals surface area contributed by atoms with Crippen LogP contribution in [0.3, 0.4) is 0 Å². The second kappa shape index (κ2) is 12.1. The van der Waals surface area contributed by atoms with Crippen LogP contribution in [0.5, 0.6) is 0 Å². The van der Waals surface area contributed by atoms with Crippen LogP contribution in [0.4, 0.5) is 17.6 Å². The zero-order chi connectivity index (χ0) is 28.0. The van der Waals surface area contributed by atoms with Crippen molar-refractivity contribution in [1.29, 1.82) is 5.26 Å². The summed E-state index contributed by atoms with van der Waals surface area (Å²) in [6.45, 7) is 2.57. The van der Waals surface area contributed by atoms with E-state index in [0.717, 1.165) is 29.8 Å². The van der Waals surface area contributed by atoms with E-state index in [1.165, 1.54) is 12.8 Å². The van der Waals surface area contributed by atoms with Crippen molar-refractivity contribution in [1.82, 2.24) is 34.6 Å². The SMILES string of the molecule is N#CCC(C1CCCC1)n1cc(-c2ccnc(Nc3cccc(C(=O)N4CCN(c5ncccn5)CC4)c3)n2)cn1. The molecular formula is C30H32N10O. The molecule has 0 bridgehead atoms. The molecule has 2 aliphatic rings. The van der Waals surface area contributed by atoms with Crippen LogP contribution in [0, 0.1) is 17.2 Å². The minimum Gasteiger partial charge on any atom is -0.337 e. The number of benzene rings is 1. The molecule has 3 aromatic heterocycles. The molecule has 1 N–H and O–H groups in total. The van der Waals surface area contributed by atoms with Crippen LogP contribution < -0.4 is 10.2 Å².